The van der Waals surface area contributed by atoms with Crippen LogP contribution in [0, 0.1) is 11.3 Å². The lowest BCUT2D eigenvalue weighted by atomic mass is 9.95. The normalized spacial score (nSPS) is 15.0. The van der Waals surface area contributed by atoms with Crippen molar-refractivity contribution in [2.75, 3.05) is 0 Å². The Labute approximate surface area is 77.8 Å². The van der Waals surface area contributed by atoms with Crippen LogP contribution in [0.4, 0.5) is 0 Å². The molecule has 1 aliphatic rings. The molecule has 3 nitrogen and oxygen atoms in total. The Morgan fingerprint density at radius 2 is 2.23 bits per heavy atom. The van der Waals surface area contributed by atoms with Crippen LogP contribution in [0.3, 0.4) is 0 Å². The number of H-pyrrole nitrogens is 1. The minimum Gasteiger partial charge on any atom is -0.282 e. The van der Waals surface area contributed by atoms with Gasteiger partial charge in [-0.25, -0.2) is 0 Å². The number of rotatable bonds is 2. The Morgan fingerprint density at radius 3 is 3.08 bits per heavy atom. The second-order valence-electron chi connectivity index (χ2n) is 3.49. The number of aromatic nitrogens is 2. The van der Waals surface area contributed by atoms with E-state index in [2.05, 4.69) is 16.3 Å². The summed E-state index contributed by atoms with van der Waals surface area (Å²) >= 11 is 0. The first kappa shape index (κ1) is 8.31. The monoisotopic (exact) mass is 175 g/mol. The standard InChI is InChI=1S/C10H13N3/c11-7-3-6-10-8-4-1-2-5-9(8)12-13-10/h1-6H2,(H,12,13). The zero-order valence-electron chi connectivity index (χ0n) is 7.64. The Morgan fingerprint density at radius 1 is 1.38 bits per heavy atom. The molecular formula is C10H13N3. The molecule has 1 N–H and O–H groups in total. The summed E-state index contributed by atoms with van der Waals surface area (Å²) in [5.41, 5.74) is 3.82. The van der Waals surface area contributed by atoms with E-state index in [1.54, 1.807) is 0 Å². The van der Waals surface area contributed by atoms with E-state index < -0.39 is 0 Å². The Kier molecular flexibility index (Phi) is 2.31. The maximum atomic E-state index is 8.48. The number of nitrogens with zero attached hydrogens (tertiary/aromatic N) is 2. The molecule has 68 valence electrons. The van der Waals surface area contributed by atoms with Gasteiger partial charge in [0.05, 0.1) is 11.8 Å². The number of nitrogens with one attached hydrogen (secondary N) is 1. The average molecular weight is 175 g/mol. The van der Waals surface area contributed by atoms with E-state index in [-0.39, 0.29) is 0 Å². The molecule has 0 aliphatic heterocycles. The van der Waals surface area contributed by atoms with Gasteiger partial charge in [0, 0.05) is 18.5 Å². The van der Waals surface area contributed by atoms with Crippen molar-refractivity contribution in [2.24, 2.45) is 0 Å². The summed E-state index contributed by atoms with van der Waals surface area (Å²) in [7, 11) is 0. The van der Waals surface area contributed by atoms with Gasteiger partial charge in [-0.3, -0.25) is 5.10 Å². The summed E-state index contributed by atoms with van der Waals surface area (Å²) in [4.78, 5) is 0. The van der Waals surface area contributed by atoms with Crippen molar-refractivity contribution in [3.8, 4) is 6.07 Å². The molecule has 13 heavy (non-hydrogen) atoms. The summed E-state index contributed by atoms with van der Waals surface area (Å²) in [6.07, 6.45) is 6.21. The Hall–Kier alpha value is -1.30. The van der Waals surface area contributed by atoms with Crippen molar-refractivity contribution < 1.29 is 0 Å². The number of aromatic amines is 1. The van der Waals surface area contributed by atoms with E-state index in [1.165, 1.54) is 24.1 Å². The highest BCUT2D eigenvalue weighted by Gasteiger charge is 2.15. The van der Waals surface area contributed by atoms with Crippen LogP contribution in [0.1, 0.15) is 36.2 Å². The third kappa shape index (κ3) is 1.57. The summed E-state index contributed by atoms with van der Waals surface area (Å²) in [5.74, 6) is 0. The molecule has 0 fully saturated rings. The molecule has 0 saturated heterocycles. The van der Waals surface area contributed by atoms with Gasteiger partial charge >= 0.3 is 0 Å². The van der Waals surface area contributed by atoms with E-state index >= 15 is 0 Å². The molecule has 2 rings (SSSR count). The molecule has 0 amide bonds. The van der Waals surface area contributed by atoms with Gasteiger partial charge in [0.2, 0.25) is 0 Å². The van der Waals surface area contributed by atoms with E-state index in [9.17, 15) is 0 Å². The van der Waals surface area contributed by atoms with Crippen molar-refractivity contribution >= 4 is 0 Å². The van der Waals surface area contributed by atoms with Gasteiger partial charge in [0.1, 0.15) is 0 Å². The Bertz CT molecular complexity index is 332. The second-order valence-corrected chi connectivity index (χ2v) is 3.49. The van der Waals surface area contributed by atoms with Gasteiger partial charge in [0.25, 0.3) is 0 Å². The molecule has 1 heterocycles. The van der Waals surface area contributed by atoms with Crippen molar-refractivity contribution in [1.29, 1.82) is 5.26 Å². The smallest absolute Gasteiger partial charge is 0.0667 e. The zero-order chi connectivity index (χ0) is 9.10. The quantitative estimate of drug-likeness (QED) is 0.744. The molecule has 0 unspecified atom stereocenters. The molecule has 1 aromatic rings. The van der Waals surface area contributed by atoms with Crippen LogP contribution < -0.4 is 0 Å². The van der Waals surface area contributed by atoms with Crippen molar-refractivity contribution in [1.82, 2.24) is 10.2 Å². The first-order valence-electron chi connectivity index (χ1n) is 4.84. The van der Waals surface area contributed by atoms with Crippen LogP contribution in [0.5, 0.6) is 0 Å². The lowest BCUT2D eigenvalue weighted by molar-refractivity contribution is 0.672. The Balaban J connectivity index is 2.18. The van der Waals surface area contributed by atoms with Gasteiger partial charge in [-0.15, -0.1) is 0 Å². The highest BCUT2D eigenvalue weighted by molar-refractivity contribution is 5.27. The molecule has 1 aromatic heterocycles. The fourth-order valence-electron chi connectivity index (χ4n) is 1.93. The van der Waals surface area contributed by atoms with Crippen LogP contribution in [0.25, 0.3) is 0 Å². The third-order valence-electron chi connectivity index (χ3n) is 2.62. The van der Waals surface area contributed by atoms with Gasteiger partial charge in [-0.05, 0) is 31.2 Å². The number of hydrogen-bond donors (Lipinski definition) is 1. The van der Waals surface area contributed by atoms with Gasteiger partial charge < -0.3 is 0 Å². The average Bonchev–Trinajstić information content (AvgIpc) is 2.58. The minimum absolute atomic E-state index is 0.581. The van der Waals surface area contributed by atoms with Crippen molar-refractivity contribution in [3.63, 3.8) is 0 Å². The first-order valence-corrected chi connectivity index (χ1v) is 4.84. The fourth-order valence-corrected chi connectivity index (χ4v) is 1.93. The number of fused-ring (bicyclic) bond motifs is 1. The number of nitriles is 1. The number of aryl methyl sites for hydroxylation is 2. The summed E-state index contributed by atoms with van der Waals surface area (Å²) in [5, 5.41) is 15.8. The summed E-state index contributed by atoms with van der Waals surface area (Å²) < 4.78 is 0. The van der Waals surface area contributed by atoms with Crippen molar-refractivity contribution in [2.45, 2.75) is 38.5 Å². The van der Waals surface area contributed by atoms with E-state index in [0.29, 0.717) is 6.42 Å². The maximum Gasteiger partial charge on any atom is 0.0667 e. The van der Waals surface area contributed by atoms with E-state index in [1.807, 2.05) is 0 Å². The van der Waals surface area contributed by atoms with Gasteiger partial charge in [0.15, 0.2) is 0 Å². The molecule has 0 saturated carbocycles. The molecule has 1 aliphatic carbocycles. The molecule has 0 atom stereocenters. The summed E-state index contributed by atoms with van der Waals surface area (Å²) in [6.45, 7) is 0. The molecule has 0 bridgehead atoms. The third-order valence-corrected chi connectivity index (χ3v) is 2.62. The number of hydrogen-bond acceptors (Lipinski definition) is 2. The zero-order valence-corrected chi connectivity index (χ0v) is 7.64. The lowest BCUT2D eigenvalue weighted by Crippen LogP contribution is -2.02. The van der Waals surface area contributed by atoms with Crippen LogP contribution in [0.2, 0.25) is 0 Å². The van der Waals surface area contributed by atoms with Crippen LogP contribution in [-0.2, 0) is 19.3 Å². The van der Waals surface area contributed by atoms with Crippen LogP contribution in [0.15, 0.2) is 0 Å². The molecule has 0 radical (unpaired) electrons. The first-order chi connectivity index (χ1) is 6.42. The second kappa shape index (κ2) is 3.61. The topological polar surface area (TPSA) is 52.5 Å². The largest absolute Gasteiger partial charge is 0.282 e. The predicted octanol–water partition coefficient (Wildman–Crippen LogP) is 1.74. The van der Waals surface area contributed by atoms with Gasteiger partial charge in [-0.1, -0.05) is 0 Å². The fraction of sp³-hybridized carbons (Fsp3) is 0.600. The molecule has 0 aromatic carbocycles. The highest BCUT2D eigenvalue weighted by Crippen LogP contribution is 2.22. The van der Waals surface area contributed by atoms with E-state index in [4.69, 9.17) is 5.26 Å². The highest BCUT2D eigenvalue weighted by atomic mass is 15.1. The van der Waals surface area contributed by atoms with Crippen molar-refractivity contribution in [3.05, 3.63) is 17.0 Å². The lowest BCUT2D eigenvalue weighted by Gasteiger charge is -2.10. The molecule has 3 heteroatoms. The van der Waals surface area contributed by atoms with Crippen LogP contribution in [-0.4, -0.2) is 10.2 Å². The molecular weight excluding hydrogens is 162 g/mol. The minimum atomic E-state index is 0.581. The van der Waals surface area contributed by atoms with E-state index in [0.717, 1.165) is 25.0 Å². The predicted molar refractivity (Wildman–Crippen MR) is 49.2 cm³/mol. The maximum absolute atomic E-state index is 8.48. The van der Waals surface area contributed by atoms with Crippen LogP contribution >= 0.6 is 0 Å². The molecule has 0 spiro atoms. The summed E-state index contributed by atoms with van der Waals surface area (Å²) in [6, 6.07) is 2.16. The van der Waals surface area contributed by atoms with Gasteiger partial charge in [-0.2, -0.15) is 10.4 Å². The SMILES string of the molecule is N#CCCc1n[nH]c2c1CCCC2.